The van der Waals surface area contributed by atoms with Gasteiger partial charge in [-0.1, -0.05) is 12.1 Å². The van der Waals surface area contributed by atoms with E-state index < -0.39 is 10.9 Å². The molecule has 122 valence electrons. The fraction of sp³-hybridized carbons (Fsp3) is 0.133. The molecule has 1 aromatic carbocycles. The summed E-state index contributed by atoms with van der Waals surface area (Å²) < 4.78 is 6.47. The van der Waals surface area contributed by atoms with E-state index >= 15 is 0 Å². The van der Waals surface area contributed by atoms with Crippen molar-refractivity contribution in [1.82, 2.24) is 9.38 Å². The average Bonchev–Trinajstić information content (AvgIpc) is 3.01. The van der Waals surface area contributed by atoms with Crippen LogP contribution in [0.3, 0.4) is 0 Å². The number of hydrogen-bond donors (Lipinski definition) is 0. The van der Waals surface area contributed by atoms with E-state index in [-0.39, 0.29) is 29.1 Å². The van der Waals surface area contributed by atoms with Crippen LogP contribution in [-0.2, 0) is 11.3 Å². The number of nitro benzene ring substituents is 1. The fourth-order valence-corrected chi connectivity index (χ4v) is 2.98. The lowest BCUT2D eigenvalue weighted by Crippen LogP contribution is -2.15. The molecule has 0 saturated heterocycles. The molecule has 0 aliphatic heterocycles. The number of para-hydroxylation sites is 1. The van der Waals surface area contributed by atoms with Crippen molar-refractivity contribution in [3.63, 3.8) is 0 Å². The molecule has 0 aliphatic rings. The molecule has 8 nitrogen and oxygen atoms in total. The number of nitro groups is 1. The normalized spacial score (nSPS) is 10.7. The van der Waals surface area contributed by atoms with E-state index in [1.165, 1.54) is 27.9 Å². The molecule has 3 aromatic rings. The van der Waals surface area contributed by atoms with Crippen LogP contribution in [-0.4, -0.2) is 20.3 Å². The second-order valence-electron chi connectivity index (χ2n) is 4.95. The molecule has 0 unspecified atom stereocenters. The number of rotatable bonds is 4. The fourth-order valence-electron chi connectivity index (χ4n) is 2.25. The zero-order valence-electron chi connectivity index (χ0n) is 12.5. The lowest BCUT2D eigenvalue weighted by Gasteiger charge is -2.06. The van der Waals surface area contributed by atoms with Gasteiger partial charge in [0.2, 0.25) is 0 Å². The van der Waals surface area contributed by atoms with Crippen LogP contribution in [0.15, 0.2) is 40.6 Å². The Labute approximate surface area is 139 Å². The van der Waals surface area contributed by atoms with Crippen LogP contribution in [0.25, 0.3) is 4.96 Å². The summed E-state index contributed by atoms with van der Waals surface area (Å²) in [5.41, 5.74) is -0.0519. The number of carbonyl (C=O) groups excluding carboxylic acids is 1. The van der Waals surface area contributed by atoms with Gasteiger partial charge in [0.1, 0.15) is 12.2 Å². The molecule has 0 fully saturated rings. The minimum absolute atomic E-state index is 0.131. The summed E-state index contributed by atoms with van der Waals surface area (Å²) in [6.07, 6.45) is 1.60. The highest BCUT2D eigenvalue weighted by atomic mass is 32.1. The molecule has 0 atom stereocenters. The summed E-state index contributed by atoms with van der Waals surface area (Å²) in [5.74, 6) is -0.835. The second kappa shape index (κ2) is 6.20. The van der Waals surface area contributed by atoms with Crippen LogP contribution >= 0.6 is 11.3 Å². The standard InChI is InChI=1S/C15H11N3O5S/c1-9-3-2-4-11(13(9)18(21)22)14(20)23-8-10-7-12(19)17-5-6-24-15(17)16-10/h2-7H,8H2,1H3. The van der Waals surface area contributed by atoms with Crippen molar-refractivity contribution in [2.45, 2.75) is 13.5 Å². The zero-order chi connectivity index (χ0) is 17.3. The molecule has 9 heteroatoms. The summed E-state index contributed by atoms with van der Waals surface area (Å²) in [4.78, 5) is 39.2. The maximum absolute atomic E-state index is 12.2. The van der Waals surface area contributed by atoms with Gasteiger partial charge < -0.3 is 4.74 Å². The Kier molecular flexibility index (Phi) is 4.09. The Hall–Kier alpha value is -3.07. The molecule has 0 amide bonds. The number of ether oxygens (including phenoxy) is 1. The van der Waals surface area contributed by atoms with Gasteiger partial charge in [-0.15, -0.1) is 11.3 Å². The predicted molar refractivity (Wildman–Crippen MR) is 86.3 cm³/mol. The van der Waals surface area contributed by atoms with Crippen LogP contribution in [0.5, 0.6) is 0 Å². The van der Waals surface area contributed by atoms with Crippen molar-refractivity contribution < 1.29 is 14.5 Å². The van der Waals surface area contributed by atoms with E-state index in [4.69, 9.17) is 4.74 Å². The van der Waals surface area contributed by atoms with Gasteiger partial charge in [0, 0.05) is 23.2 Å². The van der Waals surface area contributed by atoms with E-state index in [1.54, 1.807) is 30.6 Å². The topological polar surface area (TPSA) is 104 Å². The molecule has 0 N–H and O–H groups in total. The third-order valence-electron chi connectivity index (χ3n) is 3.35. The lowest BCUT2D eigenvalue weighted by atomic mass is 10.1. The van der Waals surface area contributed by atoms with E-state index in [0.29, 0.717) is 10.5 Å². The van der Waals surface area contributed by atoms with Gasteiger partial charge in [-0.3, -0.25) is 19.3 Å². The van der Waals surface area contributed by atoms with Gasteiger partial charge in [0.15, 0.2) is 4.96 Å². The van der Waals surface area contributed by atoms with Gasteiger partial charge >= 0.3 is 5.97 Å². The predicted octanol–water partition coefficient (Wildman–Crippen LogP) is 2.33. The Bertz CT molecular complexity index is 1010. The molecular weight excluding hydrogens is 334 g/mol. The minimum atomic E-state index is -0.835. The minimum Gasteiger partial charge on any atom is -0.455 e. The number of aryl methyl sites for hydroxylation is 1. The molecule has 3 rings (SSSR count). The lowest BCUT2D eigenvalue weighted by molar-refractivity contribution is -0.385. The molecule has 2 heterocycles. The van der Waals surface area contributed by atoms with Gasteiger partial charge in [0.05, 0.1) is 10.6 Å². The van der Waals surface area contributed by atoms with E-state index in [1.807, 2.05) is 0 Å². The SMILES string of the molecule is Cc1cccc(C(=O)OCc2cc(=O)n3ccsc3n2)c1[N+](=O)[O-]. The Morgan fingerprint density at radius 2 is 2.25 bits per heavy atom. The summed E-state index contributed by atoms with van der Waals surface area (Å²) in [5, 5.41) is 12.8. The Morgan fingerprint density at radius 3 is 3.00 bits per heavy atom. The first-order valence-electron chi connectivity index (χ1n) is 6.84. The molecular formula is C15H11N3O5S. The smallest absolute Gasteiger partial charge is 0.345 e. The highest BCUT2D eigenvalue weighted by molar-refractivity contribution is 7.15. The maximum atomic E-state index is 12.2. The number of nitrogens with zero attached hydrogens (tertiary/aromatic N) is 3. The van der Waals surface area contributed by atoms with Crippen molar-refractivity contribution in [3.8, 4) is 0 Å². The number of carbonyl (C=O) groups is 1. The van der Waals surface area contributed by atoms with Crippen molar-refractivity contribution >= 4 is 28.0 Å². The first-order chi connectivity index (χ1) is 11.5. The number of esters is 1. The zero-order valence-corrected chi connectivity index (χ0v) is 13.3. The quantitative estimate of drug-likeness (QED) is 0.408. The highest BCUT2D eigenvalue weighted by Crippen LogP contribution is 2.24. The first kappa shape index (κ1) is 15.8. The molecule has 0 saturated carbocycles. The number of thiazole rings is 1. The maximum Gasteiger partial charge on any atom is 0.345 e. The Morgan fingerprint density at radius 1 is 1.46 bits per heavy atom. The molecule has 0 aliphatic carbocycles. The monoisotopic (exact) mass is 345 g/mol. The van der Waals surface area contributed by atoms with Crippen LogP contribution in [0, 0.1) is 17.0 Å². The largest absolute Gasteiger partial charge is 0.455 e. The molecule has 0 spiro atoms. The number of benzene rings is 1. The van der Waals surface area contributed by atoms with Crippen LogP contribution in [0.1, 0.15) is 21.6 Å². The third-order valence-corrected chi connectivity index (χ3v) is 4.10. The van der Waals surface area contributed by atoms with Crippen molar-refractivity contribution in [2.24, 2.45) is 0 Å². The highest BCUT2D eigenvalue weighted by Gasteiger charge is 2.23. The van der Waals surface area contributed by atoms with Crippen molar-refractivity contribution in [1.29, 1.82) is 0 Å². The first-order valence-corrected chi connectivity index (χ1v) is 7.72. The Balaban J connectivity index is 1.84. The molecule has 0 bridgehead atoms. The number of aromatic nitrogens is 2. The van der Waals surface area contributed by atoms with Crippen LogP contribution in [0.2, 0.25) is 0 Å². The van der Waals surface area contributed by atoms with E-state index in [2.05, 4.69) is 4.98 Å². The summed E-state index contributed by atoms with van der Waals surface area (Å²) >= 11 is 1.28. The molecule has 2 aromatic heterocycles. The second-order valence-corrected chi connectivity index (χ2v) is 5.82. The molecule has 0 radical (unpaired) electrons. The molecule has 24 heavy (non-hydrogen) atoms. The van der Waals surface area contributed by atoms with Gasteiger partial charge in [-0.05, 0) is 13.0 Å². The summed E-state index contributed by atoms with van der Waals surface area (Å²) in [6.45, 7) is 1.30. The van der Waals surface area contributed by atoms with Gasteiger partial charge in [-0.25, -0.2) is 9.78 Å². The number of hydrogen-bond acceptors (Lipinski definition) is 7. The van der Waals surface area contributed by atoms with Crippen LogP contribution < -0.4 is 5.56 Å². The van der Waals surface area contributed by atoms with E-state index in [0.717, 1.165) is 0 Å². The van der Waals surface area contributed by atoms with E-state index in [9.17, 15) is 19.7 Å². The summed E-state index contributed by atoms with van der Waals surface area (Å²) in [6, 6.07) is 5.68. The van der Waals surface area contributed by atoms with Gasteiger partial charge in [0.25, 0.3) is 11.2 Å². The number of fused-ring (bicyclic) bond motifs is 1. The van der Waals surface area contributed by atoms with Crippen molar-refractivity contribution in [2.75, 3.05) is 0 Å². The van der Waals surface area contributed by atoms with Crippen LogP contribution in [0.4, 0.5) is 5.69 Å². The summed E-state index contributed by atoms with van der Waals surface area (Å²) in [7, 11) is 0. The average molecular weight is 345 g/mol. The van der Waals surface area contributed by atoms with Gasteiger partial charge in [-0.2, -0.15) is 0 Å². The van der Waals surface area contributed by atoms with Crippen molar-refractivity contribution in [3.05, 3.63) is 73.1 Å². The third kappa shape index (κ3) is 2.88.